The van der Waals surface area contributed by atoms with Crippen molar-refractivity contribution in [2.24, 2.45) is 11.8 Å². The normalized spacial score (nSPS) is 21.4. The van der Waals surface area contributed by atoms with Gasteiger partial charge in [-0.1, -0.05) is 108 Å². The molecule has 1 saturated carbocycles. The summed E-state index contributed by atoms with van der Waals surface area (Å²) in [5, 5.41) is 31.4. The predicted molar refractivity (Wildman–Crippen MR) is 217 cm³/mol. The molecule has 0 aromatic heterocycles. The predicted octanol–water partition coefficient (Wildman–Crippen LogP) is 7.73. The third-order valence-corrected chi connectivity index (χ3v) is 10.7. The van der Waals surface area contributed by atoms with Crippen molar-refractivity contribution < 1.29 is 57.4 Å². The van der Waals surface area contributed by atoms with E-state index >= 15 is 0 Å². The van der Waals surface area contributed by atoms with Crippen LogP contribution in [0.2, 0.25) is 0 Å². The highest BCUT2D eigenvalue weighted by Gasteiger charge is 2.39. The maximum Gasteiger partial charge on any atom is 0.472 e. The summed E-state index contributed by atoms with van der Waals surface area (Å²) in [6.45, 7) is 3.89. The van der Waals surface area contributed by atoms with Gasteiger partial charge in [-0.15, -0.1) is 0 Å². The molecule has 0 radical (unpaired) electrons. The Balaban J connectivity index is 2.61. The molecule has 0 aromatic rings. The average Bonchev–Trinajstić information content (AvgIpc) is 3.39. The number of rotatable bonds is 33. The summed E-state index contributed by atoms with van der Waals surface area (Å²) >= 11 is 0. The van der Waals surface area contributed by atoms with Crippen LogP contribution < -0.4 is 0 Å². The van der Waals surface area contributed by atoms with Crippen molar-refractivity contribution in [3.8, 4) is 0 Å². The Morgan fingerprint density at radius 1 is 0.800 bits per heavy atom. The van der Waals surface area contributed by atoms with Gasteiger partial charge in [0, 0.05) is 18.8 Å². The first-order chi connectivity index (χ1) is 26.2. The SMILES string of the molecule is CCCCCC/C=C\CCCCCCCC(=O)OC[C@H](COP(=O)(O)OCC[N+](C)(C)C)OC(=O)C/C=C\C[C@H]1[C@@H](/C=C/[C@H](O)CCCCC)[C@H](O)C[C@@H]1O. The second kappa shape index (κ2) is 30.2. The van der Waals surface area contributed by atoms with E-state index in [1.54, 1.807) is 24.3 Å². The molecule has 0 heterocycles. The van der Waals surface area contributed by atoms with E-state index in [4.69, 9.17) is 18.5 Å². The summed E-state index contributed by atoms with van der Waals surface area (Å²) in [5.41, 5.74) is 0. The van der Waals surface area contributed by atoms with E-state index in [0.29, 0.717) is 30.3 Å². The minimum Gasteiger partial charge on any atom is -0.462 e. The van der Waals surface area contributed by atoms with Gasteiger partial charge in [0.2, 0.25) is 0 Å². The minimum absolute atomic E-state index is 0.0275. The van der Waals surface area contributed by atoms with E-state index in [2.05, 4.69) is 26.0 Å². The second-order valence-electron chi connectivity index (χ2n) is 16.0. The lowest BCUT2D eigenvalue weighted by Gasteiger charge is -2.24. The van der Waals surface area contributed by atoms with Crippen molar-refractivity contribution in [2.45, 2.75) is 160 Å². The molecular formula is C42H77NO11P+. The van der Waals surface area contributed by atoms with Crippen LogP contribution in [0.25, 0.3) is 0 Å². The van der Waals surface area contributed by atoms with Crippen LogP contribution in [0.15, 0.2) is 36.5 Å². The number of phosphoric ester groups is 1. The zero-order valence-corrected chi connectivity index (χ0v) is 35.6. The molecule has 0 spiro atoms. The van der Waals surface area contributed by atoms with Crippen molar-refractivity contribution >= 4 is 19.8 Å². The van der Waals surface area contributed by atoms with Crippen LogP contribution in [-0.2, 0) is 32.7 Å². The Labute approximate surface area is 332 Å². The van der Waals surface area contributed by atoms with E-state index in [0.717, 1.165) is 57.8 Å². The number of hydrogen-bond donors (Lipinski definition) is 4. The molecule has 1 fully saturated rings. The highest BCUT2D eigenvalue weighted by Crippen LogP contribution is 2.43. The number of aliphatic hydroxyl groups is 3. The molecule has 55 heavy (non-hydrogen) atoms. The van der Waals surface area contributed by atoms with Crippen molar-refractivity contribution in [3.05, 3.63) is 36.5 Å². The summed E-state index contributed by atoms with van der Waals surface area (Å²) in [5.74, 6) is -1.73. The molecule has 0 saturated heterocycles. The summed E-state index contributed by atoms with van der Waals surface area (Å²) in [4.78, 5) is 35.5. The highest BCUT2D eigenvalue weighted by atomic mass is 31.2. The zero-order valence-electron chi connectivity index (χ0n) is 34.7. The smallest absolute Gasteiger partial charge is 0.462 e. The summed E-state index contributed by atoms with van der Waals surface area (Å²) in [6.07, 6.45) is 24.7. The summed E-state index contributed by atoms with van der Waals surface area (Å²) in [6, 6.07) is 0. The molecule has 0 aromatic carbocycles. The number of carbonyl (C=O) groups excluding carboxylic acids is 2. The number of unbranched alkanes of at least 4 members (excludes halogenated alkanes) is 11. The largest absolute Gasteiger partial charge is 0.472 e. The van der Waals surface area contributed by atoms with E-state index in [1.807, 2.05) is 21.1 Å². The van der Waals surface area contributed by atoms with Gasteiger partial charge in [0.1, 0.15) is 19.8 Å². The van der Waals surface area contributed by atoms with E-state index < -0.39 is 50.8 Å². The quantitative estimate of drug-likeness (QED) is 0.0169. The Morgan fingerprint density at radius 3 is 2.11 bits per heavy atom. The lowest BCUT2D eigenvalue weighted by molar-refractivity contribution is -0.870. The molecule has 0 amide bonds. The fourth-order valence-electron chi connectivity index (χ4n) is 6.33. The van der Waals surface area contributed by atoms with Crippen LogP contribution in [0.4, 0.5) is 0 Å². The number of hydrogen-bond acceptors (Lipinski definition) is 10. The monoisotopic (exact) mass is 803 g/mol. The van der Waals surface area contributed by atoms with Crippen LogP contribution in [0.1, 0.15) is 136 Å². The van der Waals surface area contributed by atoms with E-state index in [1.165, 1.54) is 25.7 Å². The molecular weight excluding hydrogens is 725 g/mol. The number of carbonyl (C=O) groups is 2. The Bertz CT molecular complexity index is 1150. The molecule has 1 aliphatic carbocycles. The molecule has 1 rings (SSSR count). The molecule has 1 unspecified atom stereocenters. The number of aliphatic hydroxyl groups excluding tert-OH is 3. The third kappa shape index (κ3) is 27.4. The molecule has 7 atom stereocenters. The Hall–Kier alpha value is -1.89. The summed E-state index contributed by atoms with van der Waals surface area (Å²) < 4.78 is 34.1. The number of likely N-dealkylation sites (N-methyl/N-ethyl adjacent to an activating group) is 1. The number of esters is 2. The van der Waals surface area contributed by atoms with Crippen molar-refractivity contribution in [1.82, 2.24) is 0 Å². The first-order valence-corrected chi connectivity index (χ1v) is 22.5. The maximum atomic E-state index is 12.8. The Kier molecular flexibility index (Phi) is 28.1. The van der Waals surface area contributed by atoms with Crippen molar-refractivity contribution in [2.75, 3.05) is 47.5 Å². The first kappa shape index (κ1) is 51.1. The van der Waals surface area contributed by atoms with E-state index in [-0.39, 0.29) is 44.3 Å². The van der Waals surface area contributed by atoms with Crippen LogP contribution in [0.3, 0.4) is 0 Å². The number of nitrogens with zero attached hydrogens (tertiary/aromatic N) is 1. The van der Waals surface area contributed by atoms with Crippen LogP contribution in [-0.4, -0.2) is 109 Å². The van der Waals surface area contributed by atoms with Gasteiger partial charge in [-0.2, -0.15) is 0 Å². The van der Waals surface area contributed by atoms with Crippen LogP contribution in [0, 0.1) is 11.8 Å². The molecule has 12 nitrogen and oxygen atoms in total. The molecule has 0 bridgehead atoms. The third-order valence-electron chi connectivity index (χ3n) is 9.75. The van der Waals surface area contributed by atoms with Gasteiger partial charge in [0.25, 0.3) is 0 Å². The van der Waals surface area contributed by atoms with Gasteiger partial charge in [-0.25, -0.2) is 4.57 Å². The minimum atomic E-state index is -4.47. The van der Waals surface area contributed by atoms with Crippen LogP contribution >= 0.6 is 7.82 Å². The average molecular weight is 803 g/mol. The zero-order chi connectivity index (χ0) is 41.0. The topological polar surface area (TPSA) is 169 Å². The first-order valence-electron chi connectivity index (χ1n) is 21.0. The lowest BCUT2D eigenvalue weighted by Crippen LogP contribution is -2.37. The van der Waals surface area contributed by atoms with Gasteiger partial charge < -0.3 is 34.2 Å². The molecule has 0 aliphatic heterocycles. The number of quaternary nitrogens is 1. The summed E-state index contributed by atoms with van der Waals surface area (Å²) in [7, 11) is 1.27. The van der Waals surface area contributed by atoms with E-state index in [9.17, 15) is 34.4 Å². The van der Waals surface area contributed by atoms with Gasteiger partial charge in [-0.3, -0.25) is 18.6 Å². The maximum absolute atomic E-state index is 12.8. The molecule has 1 aliphatic rings. The Morgan fingerprint density at radius 2 is 1.44 bits per heavy atom. The standard InChI is InChI=1S/C42H76NO11P/c1-6-8-10-11-12-13-14-15-16-17-18-19-21-26-41(47)51-33-36(34-53-55(49,50)52-31-30-43(3,4)5)54-42(48)27-23-22-25-37-38(40(46)32-39(37)45)29-28-35(44)24-20-9-7-2/h13-14,22-23,28-29,35-40,44-46H,6-12,15-21,24-27,30-34H2,1-5H3/p+1/b14-13-,23-22-,29-28+/t35-,36-,37+,38-,39+,40-/m1/s1. The second-order valence-corrected chi connectivity index (χ2v) is 17.5. The fourth-order valence-corrected chi connectivity index (χ4v) is 7.08. The number of allylic oxidation sites excluding steroid dienone is 3. The molecule has 13 heteroatoms. The van der Waals surface area contributed by atoms with Crippen LogP contribution in [0.5, 0.6) is 0 Å². The number of phosphoric acid groups is 1. The molecule has 4 N–H and O–H groups in total. The van der Waals surface area contributed by atoms with Gasteiger partial charge >= 0.3 is 19.8 Å². The van der Waals surface area contributed by atoms with Crippen molar-refractivity contribution in [1.29, 1.82) is 0 Å². The molecule has 320 valence electrons. The van der Waals surface area contributed by atoms with Gasteiger partial charge in [-0.05, 0) is 50.9 Å². The number of ether oxygens (including phenoxy) is 2. The lowest BCUT2D eigenvalue weighted by atomic mass is 9.89. The van der Waals surface area contributed by atoms with Gasteiger partial charge in [0.05, 0.1) is 52.5 Å². The van der Waals surface area contributed by atoms with Gasteiger partial charge in [0.15, 0.2) is 6.10 Å². The van der Waals surface area contributed by atoms with Crippen molar-refractivity contribution in [3.63, 3.8) is 0 Å². The fraction of sp³-hybridized carbons (Fsp3) is 0.810. The highest BCUT2D eigenvalue weighted by molar-refractivity contribution is 7.47.